The molecule has 2 amide bonds. The third-order valence-corrected chi connectivity index (χ3v) is 5.15. The van der Waals surface area contributed by atoms with Gasteiger partial charge in [-0.1, -0.05) is 18.2 Å². The molecular formula is C18H19FN2O3S. The molecule has 0 bridgehead atoms. The van der Waals surface area contributed by atoms with E-state index in [-0.39, 0.29) is 24.2 Å². The first-order valence-corrected chi connectivity index (χ1v) is 8.75. The van der Waals surface area contributed by atoms with Gasteiger partial charge in [-0.25, -0.2) is 4.39 Å². The fraction of sp³-hybridized carbons (Fsp3) is 0.333. The Bertz CT molecular complexity index is 748. The molecule has 1 aliphatic rings. The van der Waals surface area contributed by atoms with Gasteiger partial charge in [-0.3, -0.25) is 9.59 Å². The second kappa shape index (κ2) is 7.33. The highest BCUT2D eigenvalue weighted by Gasteiger charge is 2.41. The number of amides is 2. The van der Waals surface area contributed by atoms with Crippen LogP contribution >= 0.6 is 11.3 Å². The summed E-state index contributed by atoms with van der Waals surface area (Å²) in [5.74, 6) is -0.784. The number of ether oxygens (including phenoxy) is 1. The Morgan fingerprint density at radius 3 is 2.72 bits per heavy atom. The Labute approximate surface area is 149 Å². The Morgan fingerprint density at radius 1 is 1.36 bits per heavy atom. The van der Waals surface area contributed by atoms with Crippen molar-refractivity contribution in [1.29, 1.82) is 0 Å². The molecule has 0 N–H and O–H groups in total. The minimum Gasteiger partial charge on any atom is -0.356 e. The summed E-state index contributed by atoms with van der Waals surface area (Å²) in [4.78, 5) is 29.1. The molecule has 5 nitrogen and oxygen atoms in total. The Balaban J connectivity index is 1.84. The van der Waals surface area contributed by atoms with Crippen LogP contribution in [0.2, 0.25) is 0 Å². The van der Waals surface area contributed by atoms with Crippen molar-refractivity contribution in [2.75, 3.05) is 20.7 Å². The van der Waals surface area contributed by atoms with Crippen LogP contribution < -0.4 is 0 Å². The molecule has 1 saturated heterocycles. The van der Waals surface area contributed by atoms with Crippen LogP contribution in [0.15, 0.2) is 41.8 Å². The summed E-state index contributed by atoms with van der Waals surface area (Å²) < 4.78 is 18.8. The molecule has 0 radical (unpaired) electrons. The molecule has 0 saturated carbocycles. The molecule has 2 atom stereocenters. The first-order valence-electron chi connectivity index (χ1n) is 7.87. The zero-order chi connectivity index (χ0) is 18.0. The van der Waals surface area contributed by atoms with Crippen molar-refractivity contribution >= 4 is 23.2 Å². The number of likely N-dealkylation sites (N-methyl/N-ethyl adjacent to an activating group) is 2. The third kappa shape index (κ3) is 3.72. The predicted octanol–water partition coefficient (Wildman–Crippen LogP) is 2.44. The lowest BCUT2D eigenvalue weighted by atomic mass is 9.97. The lowest BCUT2D eigenvalue weighted by molar-refractivity contribution is -0.167. The number of rotatable bonds is 4. The van der Waals surface area contributed by atoms with Crippen LogP contribution in [-0.2, 0) is 20.9 Å². The molecule has 2 aromatic rings. The van der Waals surface area contributed by atoms with E-state index in [1.807, 2.05) is 17.5 Å². The Kier molecular flexibility index (Phi) is 5.15. The van der Waals surface area contributed by atoms with E-state index in [1.165, 1.54) is 17.0 Å². The second-order valence-electron chi connectivity index (χ2n) is 6.01. The molecule has 7 heteroatoms. The van der Waals surface area contributed by atoms with Gasteiger partial charge < -0.3 is 14.5 Å². The van der Waals surface area contributed by atoms with Gasteiger partial charge in [0.15, 0.2) is 6.10 Å². The minimum atomic E-state index is -0.821. The van der Waals surface area contributed by atoms with Gasteiger partial charge in [0, 0.05) is 19.0 Å². The zero-order valence-corrected chi connectivity index (χ0v) is 14.8. The molecule has 0 spiro atoms. The van der Waals surface area contributed by atoms with Crippen molar-refractivity contribution in [3.8, 4) is 0 Å². The first kappa shape index (κ1) is 17.6. The number of thiophene rings is 1. The summed E-state index contributed by atoms with van der Waals surface area (Å²) in [7, 11) is 3.35. The molecule has 2 heterocycles. The van der Waals surface area contributed by atoms with E-state index in [2.05, 4.69) is 0 Å². The average Bonchev–Trinajstić information content (AvgIpc) is 3.10. The van der Waals surface area contributed by atoms with Gasteiger partial charge in [-0.15, -0.1) is 11.3 Å². The van der Waals surface area contributed by atoms with Gasteiger partial charge in [0.25, 0.3) is 5.91 Å². The summed E-state index contributed by atoms with van der Waals surface area (Å²) in [6.07, 6.45) is -0.821. The highest BCUT2D eigenvalue weighted by Crippen LogP contribution is 2.30. The van der Waals surface area contributed by atoms with Gasteiger partial charge in [-0.05, 0) is 29.1 Å². The van der Waals surface area contributed by atoms with E-state index < -0.39 is 12.1 Å². The molecule has 25 heavy (non-hydrogen) atoms. The van der Waals surface area contributed by atoms with Crippen LogP contribution in [0, 0.1) is 5.82 Å². The summed E-state index contributed by atoms with van der Waals surface area (Å²) in [5, 5.41) is 1.96. The maximum Gasteiger partial charge on any atom is 0.254 e. The van der Waals surface area contributed by atoms with Gasteiger partial charge >= 0.3 is 0 Å². The smallest absolute Gasteiger partial charge is 0.254 e. The molecule has 1 fully saturated rings. The van der Waals surface area contributed by atoms with E-state index in [1.54, 1.807) is 42.5 Å². The Morgan fingerprint density at radius 2 is 2.08 bits per heavy atom. The van der Waals surface area contributed by atoms with Crippen molar-refractivity contribution < 1.29 is 18.7 Å². The molecule has 1 aliphatic heterocycles. The van der Waals surface area contributed by atoms with Crippen molar-refractivity contribution in [2.24, 2.45) is 0 Å². The molecular weight excluding hydrogens is 343 g/mol. The summed E-state index contributed by atoms with van der Waals surface area (Å²) in [6, 6.07) is 9.11. The van der Waals surface area contributed by atoms with Crippen LogP contribution in [-0.4, -0.2) is 48.4 Å². The summed E-state index contributed by atoms with van der Waals surface area (Å²) in [5.41, 5.74) is 0.667. The van der Waals surface area contributed by atoms with Gasteiger partial charge in [0.1, 0.15) is 12.4 Å². The van der Waals surface area contributed by atoms with Crippen LogP contribution in [0.5, 0.6) is 0 Å². The van der Waals surface area contributed by atoms with Gasteiger partial charge in [-0.2, -0.15) is 0 Å². The molecule has 1 aromatic carbocycles. The van der Waals surface area contributed by atoms with Crippen molar-refractivity contribution in [1.82, 2.24) is 9.80 Å². The zero-order valence-electron chi connectivity index (χ0n) is 14.0. The number of morpholine rings is 1. The predicted molar refractivity (Wildman–Crippen MR) is 92.4 cm³/mol. The first-order chi connectivity index (χ1) is 12.0. The van der Waals surface area contributed by atoms with Crippen LogP contribution in [0.25, 0.3) is 0 Å². The fourth-order valence-electron chi connectivity index (χ4n) is 2.91. The number of carbonyl (C=O) groups is 2. The standard InChI is InChI=1S/C18H19FN2O3S/c1-20(10-14-4-3-9-25-14)18(23)17-16(21(2)15(22)11-24-17)12-5-7-13(19)8-6-12/h3-9,16-17H,10-11H2,1-2H3/t16-,17-/m0/s1. The van der Waals surface area contributed by atoms with E-state index >= 15 is 0 Å². The normalized spacial score (nSPS) is 20.6. The van der Waals surface area contributed by atoms with E-state index in [9.17, 15) is 14.0 Å². The number of carbonyl (C=O) groups excluding carboxylic acids is 2. The van der Waals surface area contributed by atoms with Crippen LogP contribution in [0.4, 0.5) is 4.39 Å². The average molecular weight is 362 g/mol. The van der Waals surface area contributed by atoms with Gasteiger partial charge in [0.2, 0.25) is 5.91 Å². The molecule has 0 aliphatic carbocycles. The minimum absolute atomic E-state index is 0.141. The van der Waals surface area contributed by atoms with E-state index in [0.29, 0.717) is 12.1 Å². The largest absolute Gasteiger partial charge is 0.356 e. The number of hydrogen-bond acceptors (Lipinski definition) is 4. The lowest BCUT2D eigenvalue weighted by Gasteiger charge is -2.39. The fourth-order valence-corrected chi connectivity index (χ4v) is 3.67. The van der Waals surface area contributed by atoms with Crippen molar-refractivity contribution in [3.63, 3.8) is 0 Å². The number of benzene rings is 1. The summed E-state index contributed by atoms with van der Waals surface area (Å²) in [6.45, 7) is 0.335. The summed E-state index contributed by atoms with van der Waals surface area (Å²) >= 11 is 1.57. The lowest BCUT2D eigenvalue weighted by Crippen LogP contribution is -2.53. The number of hydrogen-bond donors (Lipinski definition) is 0. The monoisotopic (exact) mass is 362 g/mol. The maximum absolute atomic E-state index is 13.2. The topological polar surface area (TPSA) is 49.9 Å². The van der Waals surface area contributed by atoms with Crippen LogP contribution in [0.3, 0.4) is 0 Å². The molecule has 0 unspecified atom stereocenters. The van der Waals surface area contributed by atoms with Crippen molar-refractivity contribution in [3.05, 3.63) is 58.0 Å². The Hall–Kier alpha value is -2.25. The molecule has 3 rings (SSSR count). The maximum atomic E-state index is 13.2. The van der Waals surface area contributed by atoms with Crippen LogP contribution in [0.1, 0.15) is 16.5 Å². The SMILES string of the molecule is CN(Cc1cccs1)C(=O)[C@H]1OCC(=O)N(C)[C@H]1c1ccc(F)cc1. The number of halogens is 1. The molecule has 1 aromatic heterocycles. The number of nitrogens with zero attached hydrogens (tertiary/aromatic N) is 2. The highest BCUT2D eigenvalue weighted by molar-refractivity contribution is 7.09. The molecule has 132 valence electrons. The van der Waals surface area contributed by atoms with Gasteiger partial charge in [0.05, 0.1) is 12.6 Å². The quantitative estimate of drug-likeness (QED) is 0.839. The van der Waals surface area contributed by atoms with E-state index in [4.69, 9.17) is 4.74 Å². The van der Waals surface area contributed by atoms with E-state index in [0.717, 1.165) is 4.88 Å². The second-order valence-corrected chi connectivity index (χ2v) is 7.04. The third-order valence-electron chi connectivity index (χ3n) is 4.29. The van der Waals surface area contributed by atoms with Crippen molar-refractivity contribution in [2.45, 2.75) is 18.7 Å². The highest BCUT2D eigenvalue weighted by atomic mass is 32.1.